The molecule has 2 aromatic heterocycles. The van der Waals surface area contributed by atoms with Crippen LogP contribution in [0.5, 0.6) is 0 Å². The number of anilines is 1. The number of aromatic nitrogens is 3. The van der Waals surface area contributed by atoms with E-state index in [1.165, 1.54) is 70.2 Å². The van der Waals surface area contributed by atoms with Gasteiger partial charge in [-0.25, -0.2) is 9.97 Å². The van der Waals surface area contributed by atoms with E-state index in [-0.39, 0.29) is 0 Å². The lowest BCUT2D eigenvalue weighted by atomic mass is 10.0. The summed E-state index contributed by atoms with van der Waals surface area (Å²) in [6.07, 6.45) is 12.8. The van der Waals surface area contributed by atoms with E-state index in [4.69, 9.17) is 4.98 Å². The zero-order chi connectivity index (χ0) is 19.5. The van der Waals surface area contributed by atoms with Crippen molar-refractivity contribution in [1.29, 1.82) is 0 Å². The van der Waals surface area contributed by atoms with E-state index in [1.54, 1.807) is 0 Å². The summed E-state index contributed by atoms with van der Waals surface area (Å²) in [4.78, 5) is 15.4. The highest BCUT2D eigenvalue weighted by Crippen LogP contribution is 2.39. The second-order valence-electron chi connectivity index (χ2n) is 9.02. The third kappa shape index (κ3) is 4.81. The molecule has 1 saturated heterocycles. The molecule has 3 heterocycles. The maximum Gasteiger partial charge on any atom is 0.156 e. The molecule has 1 atom stereocenters. The molecule has 2 aromatic rings. The van der Waals surface area contributed by atoms with Gasteiger partial charge in [-0.3, -0.25) is 4.90 Å². The first-order valence-corrected chi connectivity index (χ1v) is 11.6. The first-order valence-electron chi connectivity index (χ1n) is 11.6. The van der Waals surface area contributed by atoms with Crippen LogP contribution in [0.2, 0.25) is 0 Å². The van der Waals surface area contributed by atoms with Gasteiger partial charge in [0, 0.05) is 49.5 Å². The van der Waals surface area contributed by atoms with Crippen molar-refractivity contribution < 1.29 is 0 Å². The van der Waals surface area contributed by atoms with Crippen molar-refractivity contribution in [2.75, 3.05) is 31.5 Å². The van der Waals surface area contributed by atoms with Gasteiger partial charge in [0.15, 0.2) is 5.82 Å². The van der Waals surface area contributed by atoms with Gasteiger partial charge in [0.05, 0.1) is 0 Å². The Kier molecular flexibility index (Phi) is 5.81. The number of aromatic amines is 1. The first kappa shape index (κ1) is 19.1. The van der Waals surface area contributed by atoms with E-state index in [0.717, 1.165) is 36.5 Å². The predicted molar refractivity (Wildman–Crippen MR) is 117 cm³/mol. The summed E-state index contributed by atoms with van der Waals surface area (Å²) in [5.74, 6) is 2.49. The van der Waals surface area contributed by atoms with E-state index in [1.807, 2.05) is 18.3 Å². The summed E-state index contributed by atoms with van der Waals surface area (Å²) in [5, 5.41) is 7.24. The lowest BCUT2D eigenvalue weighted by Gasteiger charge is -2.37. The van der Waals surface area contributed by atoms with Crippen LogP contribution in [-0.4, -0.2) is 58.1 Å². The van der Waals surface area contributed by atoms with Gasteiger partial charge >= 0.3 is 0 Å². The monoisotopic (exact) mass is 394 g/mol. The summed E-state index contributed by atoms with van der Waals surface area (Å²) in [7, 11) is 0. The molecule has 1 aliphatic heterocycles. The molecule has 2 saturated carbocycles. The van der Waals surface area contributed by atoms with Crippen LogP contribution in [0.1, 0.15) is 63.0 Å². The molecule has 0 radical (unpaired) electrons. The second kappa shape index (κ2) is 8.84. The molecule has 6 nitrogen and oxygen atoms in total. The third-order valence-corrected chi connectivity index (χ3v) is 6.76. The topological polar surface area (TPSA) is 68.9 Å². The fraction of sp³-hybridized carbons (Fsp3) is 0.652. The Labute approximate surface area is 173 Å². The first-order chi connectivity index (χ1) is 14.3. The summed E-state index contributed by atoms with van der Waals surface area (Å²) in [6, 6.07) is 7.61. The largest absolute Gasteiger partial charge is 0.369 e. The van der Waals surface area contributed by atoms with Crippen LogP contribution in [0.3, 0.4) is 0 Å². The Hall–Kier alpha value is -1.92. The Bertz CT molecular complexity index is 792. The van der Waals surface area contributed by atoms with Crippen LogP contribution in [0, 0.1) is 0 Å². The third-order valence-electron chi connectivity index (χ3n) is 6.76. The van der Waals surface area contributed by atoms with E-state index in [9.17, 15) is 0 Å². The average Bonchev–Trinajstić information content (AvgIpc) is 3.26. The molecule has 29 heavy (non-hydrogen) atoms. The number of pyridine rings is 1. The van der Waals surface area contributed by atoms with Crippen molar-refractivity contribution >= 4 is 5.82 Å². The molecule has 3 N–H and O–H groups in total. The molecule has 3 fully saturated rings. The van der Waals surface area contributed by atoms with Gasteiger partial charge in [0.2, 0.25) is 0 Å². The van der Waals surface area contributed by atoms with Crippen molar-refractivity contribution in [3.8, 4) is 11.5 Å². The zero-order valence-corrected chi connectivity index (χ0v) is 17.4. The van der Waals surface area contributed by atoms with Crippen molar-refractivity contribution in [2.24, 2.45) is 0 Å². The quantitative estimate of drug-likeness (QED) is 0.595. The molecule has 1 unspecified atom stereocenters. The minimum Gasteiger partial charge on any atom is -0.369 e. The minimum absolute atomic E-state index is 0.634. The molecule has 0 spiro atoms. The van der Waals surface area contributed by atoms with Gasteiger partial charge in [-0.2, -0.15) is 0 Å². The van der Waals surface area contributed by atoms with E-state index in [0.29, 0.717) is 12.0 Å². The van der Waals surface area contributed by atoms with E-state index < -0.39 is 0 Å². The number of nitrogens with zero attached hydrogens (tertiary/aromatic N) is 3. The summed E-state index contributed by atoms with van der Waals surface area (Å²) >= 11 is 0. The molecule has 156 valence electrons. The standard InChI is InChI=1S/C23H34N6/c1-2-7-19(6-1)29-14-4-5-18(16-29)24-12-13-25-22-9-3-8-20(27-22)23-26-15-21(28-23)17-10-11-17/h3,8-9,15,17-19,24H,1-2,4-7,10-14,16H2,(H,25,27)(H,26,28). The van der Waals surface area contributed by atoms with Crippen LogP contribution in [-0.2, 0) is 0 Å². The number of H-pyrrole nitrogens is 1. The lowest BCUT2D eigenvalue weighted by molar-refractivity contribution is 0.139. The van der Waals surface area contributed by atoms with E-state index in [2.05, 4.69) is 31.6 Å². The van der Waals surface area contributed by atoms with Crippen molar-refractivity contribution in [1.82, 2.24) is 25.2 Å². The SMILES string of the molecule is c1cc(NCCNC2CCCN(C3CCCC3)C2)nc(-c2ncc(C3CC3)[nH]2)c1. The molecule has 0 bridgehead atoms. The molecule has 6 heteroatoms. The molecule has 5 rings (SSSR count). The van der Waals surface area contributed by atoms with Crippen molar-refractivity contribution in [3.63, 3.8) is 0 Å². The predicted octanol–water partition coefficient (Wildman–Crippen LogP) is 3.76. The molecule has 2 aliphatic carbocycles. The fourth-order valence-electron chi connectivity index (χ4n) is 4.97. The Morgan fingerprint density at radius 3 is 2.79 bits per heavy atom. The van der Waals surface area contributed by atoms with Crippen LogP contribution in [0.4, 0.5) is 5.82 Å². The normalized spacial score (nSPS) is 23.5. The molecular formula is C23H34N6. The van der Waals surface area contributed by atoms with Crippen LogP contribution in [0.25, 0.3) is 11.5 Å². The highest BCUT2D eigenvalue weighted by molar-refractivity contribution is 5.53. The Balaban J connectivity index is 1.08. The van der Waals surface area contributed by atoms with Crippen LogP contribution < -0.4 is 10.6 Å². The van der Waals surface area contributed by atoms with Gasteiger partial charge in [-0.05, 0) is 57.2 Å². The second-order valence-corrected chi connectivity index (χ2v) is 9.02. The molecule has 0 amide bonds. The van der Waals surface area contributed by atoms with Gasteiger partial charge in [-0.15, -0.1) is 0 Å². The molecular weight excluding hydrogens is 360 g/mol. The van der Waals surface area contributed by atoms with Gasteiger partial charge in [0.1, 0.15) is 11.5 Å². The molecule has 3 aliphatic rings. The molecule has 0 aromatic carbocycles. The number of likely N-dealkylation sites (tertiary alicyclic amines) is 1. The summed E-state index contributed by atoms with van der Waals surface area (Å²) < 4.78 is 0. The van der Waals surface area contributed by atoms with Gasteiger partial charge in [0.25, 0.3) is 0 Å². The van der Waals surface area contributed by atoms with Crippen LogP contribution >= 0.6 is 0 Å². The minimum atomic E-state index is 0.634. The maximum absolute atomic E-state index is 4.74. The average molecular weight is 395 g/mol. The van der Waals surface area contributed by atoms with E-state index >= 15 is 0 Å². The summed E-state index contributed by atoms with van der Waals surface area (Å²) in [6.45, 7) is 4.39. The number of piperidine rings is 1. The van der Waals surface area contributed by atoms with Crippen molar-refractivity contribution in [3.05, 3.63) is 30.1 Å². The maximum atomic E-state index is 4.74. The number of rotatable bonds is 8. The highest BCUT2D eigenvalue weighted by atomic mass is 15.2. The Morgan fingerprint density at radius 1 is 1.03 bits per heavy atom. The smallest absolute Gasteiger partial charge is 0.156 e. The van der Waals surface area contributed by atoms with Gasteiger partial charge in [-0.1, -0.05) is 18.9 Å². The van der Waals surface area contributed by atoms with Crippen LogP contribution in [0.15, 0.2) is 24.4 Å². The zero-order valence-electron chi connectivity index (χ0n) is 17.4. The fourth-order valence-corrected chi connectivity index (χ4v) is 4.97. The number of hydrogen-bond acceptors (Lipinski definition) is 5. The summed E-state index contributed by atoms with van der Waals surface area (Å²) in [5.41, 5.74) is 2.16. The number of hydrogen-bond donors (Lipinski definition) is 3. The Morgan fingerprint density at radius 2 is 1.93 bits per heavy atom. The lowest BCUT2D eigenvalue weighted by Crippen LogP contribution is -2.49. The number of imidazole rings is 1. The van der Waals surface area contributed by atoms with Gasteiger partial charge < -0.3 is 15.6 Å². The van der Waals surface area contributed by atoms with Crippen molar-refractivity contribution in [2.45, 2.75) is 69.4 Å². The number of nitrogens with one attached hydrogen (secondary N) is 3. The highest BCUT2D eigenvalue weighted by Gasteiger charge is 2.27.